The van der Waals surface area contributed by atoms with Crippen LogP contribution in [0.25, 0.3) is 0 Å². The van der Waals surface area contributed by atoms with E-state index in [1.165, 1.54) is 7.11 Å². The van der Waals surface area contributed by atoms with Gasteiger partial charge in [-0.25, -0.2) is 0 Å². The molecule has 2 amide bonds. The summed E-state index contributed by atoms with van der Waals surface area (Å²) in [6.45, 7) is 12.8. The summed E-state index contributed by atoms with van der Waals surface area (Å²) in [5.74, 6) is -2.65. The lowest BCUT2D eigenvalue weighted by Crippen LogP contribution is -2.61. The lowest BCUT2D eigenvalue weighted by Gasteiger charge is -2.49. The van der Waals surface area contributed by atoms with Crippen molar-refractivity contribution in [3.8, 4) is 0 Å². The quantitative estimate of drug-likeness (QED) is 0.260. The number of rotatable bonds is 8. The minimum atomic E-state index is -1.59. The van der Waals surface area contributed by atoms with Crippen LogP contribution in [-0.4, -0.2) is 155 Å². The molecule has 4 rings (SSSR count). The van der Waals surface area contributed by atoms with E-state index in [2.05, 4.69) is 5.32 Å². The smallest absolute Gasteiger partial charge is 0.225 e. The van der Waals surface area contributed by atoms with E-state index in [1.807, 2.05) is 70.1 Å². The number of carbonyl (C=O) groups is 2. The molecule has 14 nitrogen and oxygen atoms in total. The molecule has 0 saturated carbocycles. The Hall–Kier alpha value is -2.24. The van der Waals surface area contributed by atoms with Gasteiger partial charge in [0.25, 0.3) is 0 Å². The van der Waals surface area contributed by atoms with E-state index in [0.29, 0.717) is 6.42 Å². The first kappa shape index (κ1) is 45.5. The molecule has 0 aliphatic carbocycles. The first-order chi connectivity index (χ1) is 25.7. The molecule has 3 heterocycles. The highest BCUT2D eigenvalue weighted by Crippen LogP contribution is 2.39. The SMILES string of the molecule is CO[C@]1(C)C[C@H](O[C@H]2[C@H](C)[C@@H](O[C@@H]3O[C@H](C)C[C@H](N(C)C)[C@H]3O)[C@](C)(O)C[C@@H](C)CN(C)C(=O)C[C@H](O)[C@H](Cc3ccccc3)NC(=O)[C@@H]2C)O[C@@H](C)[C@@H]1O. The summed E-state index contributed by atoms with van der Waals surface area (Å²) in [4.78, 5) is 31.5. The van der Waals surface area contributed by atoms with Crippen molar-refractivity contribution < 1.29 is 53.7 Å². The zero-order valence-corrected chi connectivity index (χ0v) is 34.8. The number of nitrogens with zero attached hydrogens (tertiary/aromatic N) is 2. The van der Waals surface area contributed by atoms with Crippen LogP contribution in [0.4, 0.5) is 0 Å². The van der Waals surface area contributed by atoms with Crippen molar-refractivity contribution in [2.75, 3.05) is 34.8 Å². The molecule has 314 valence electrons. The molecule has 16 atom stereocenters. The van der Waals surface area contributed by atoms with Crippen LogP contribution in [0.15, 0.2) is 30.3 Å². The Morgan fingerprint density at radius 2 is 1.64 bits per heavy atom. The van der Waals surface area contributed by atoms with Gasteiger partial charge in [0.15, 0.2) is 12.6 Å². The highest BCUT2D eigenvalue weighted by molar-refractivity contribution is 5.80. The first-order valence-electron chi connectivity index (χ1n) is 19.9. The van der Waals surface area contributed by atoms with Gasteiger partial charge in [-0.05, 0) is 72.5 Å². The predicted octanol–water partition coefficient (Wildman–Crippen LogP) is 2.08. The van der Waals surface area contributed by atoms with Gasteiger partial charge in [-0.1, -0.05) is 51.1 Å². The van der Waals surface area contributed by atoms with Gasteiger partial charge in [-0.3, -0.25) is 9.59 Å². The minimum Gasteiger partial charge on any atom is -0.390 e. The van der Waals surface area contributed by atoms with Crippen LogP contribution in [0.5, 0.6) is 0 Å². The summed E-state index contributed by atoms with van der Waals surface area (Å²) in [5, 5.41) is 49.6. The monoisotopic (exact) mass is 779 g/mol. The summed E-state index contributed by atoms with van der Waals surface area (Å²) >= 11 is 0. The van der Waals surface area contributed by atoms with Gasteiger partial charge >= 0.3 is 0 Å². The van der Waals surface area contributed by atoms with Crippen molar-refractivity contribution in [1.82, 2.24) is 15.1 Å². The molecule has 14 heteroatoms. The van der Waals surface area contributed by atoms with Crippen LogP contribution >= 0.6 is 0 Å². The molecule has 0 radical (unpaired) electrons. The fraction of sp³-hybridized carbons (Fsp3) is 0.805. The van der Waals surface area contributed by atoms with Gasteiger partial charge in [0.05, 0.1) is 60.1 Å². The molecule has 0 bridgehead atoms. The Balaban J connectivity index is 1.81. The second-order valence-electron chi connectivity index (χ2n) is 17.3. The fourth-order valence-electron chi connectivity index (χ4n) is 8.82. The average molecular weight is 780 g/mol. The third-order valence-electron chi connectivity index (χ3n) is 12.1. The van der Waals surface area contributed by atoms with E-state index in [0.717, 1.165) is 5.56 Å². The van der Waals surface area contributed by atoms with E-state index >= 15 is 0 Å². The van der Waals surface area contributed by atoms with Crippen LogP contribution < -0.4 is 5.32 Å². The number of methoxy groups -OCH3 is 1. The Labute approximate surface area is 327 Å². The van der Waals surface area contributed by atoms with Gasteiger partial charge in [-0.15, -0.1) is 0 Å². The van der Waals surface area contributed by atoms with E-state index in [4.69, 9.17) is 23.7 Å². The summed E-state index contributed by atoms with van der Waals surface area (Å²) in [6, 6.07) is 8.33. The van der Waals surface area contributed by atoms with Crippen molar-refractivity contribution in [2.45, 2.75) is 159 Å². The molecule has 3 aliphatic rings. The number of amides is 2. The zero-order valence-electron chi connectivity index (χ0n) is 34.8. The molecule has 5 N–H and O–H groups in total. The maximum Gasteiger partial charge on any atom is 0.225 e. The third-order valence-corrected chi connectivity index (χ3v) is 12.1. The summed E-state index contributed by atoms with van der Waals surface area (Å²) < 4.78 is 31.7. The second kappa shape index (κ2) is 19.0. The number of hydrogen-bond acceptors (Lipinski definition) is 12. The maximum atomic E-state index is 14.5. The molecule has 0 aromatic heterocycles. The molecular weight excluding hydrogens is 710 g/mol. The second-order valence-corrected chi connectivity index (χ2v) is 17.3. The Kier molecular flexibility index (Phi) is 15.7. The Morgan fingerprint density at radius 1 is 0.982 bits per heavy atom. The summed E-state index contributed by atoms with van der Waals surface area (Å²) in [7, 11) is 6.94. The third kappa shape index (κ3) is 11.2. The normalized spacial score (nSPS) is 43.1. The van der Waals surface area contributed by atoms with E-state index < -0.39 is 84.2 Å². The number of likely N-dealkylation sites (N-methyl/N-ethyl adjacent to an activating group) is 1. The van der Waals surface area contributed by atoms with Crippen molar-refractivity contribution >= 4 is 11.8 Å². The van der Waals surface area contributed by atoms with Gasteiger partial charge in [0, 0.05) is 39.1 Å². The molecule has 0 spiro atoms. The zero-order chi connectivity index (χ0) is 41.0. The highest BCUT2D eigenvalue weighted by atomic mass is 16.7. The van der Waals surface area contributed by atoms with E-state index in [9.17, 15) is 30.0 Å². The minimum absolute atomic E-state index is 0.141. The van der Waals surface area contributed by atoms with Gasteiger partial charge < -0.3 is 59.2 Å². The number of aliphatic hydroxyl groups excluding tert-OH is 3. The largest absolute Gasteiger partial charge is 0.390 e. The predicted molar refractivity (Wildman–Crippen MR) is 206 cm³/mol. The number of hydrogen-bond donors (Lipinski definition) is 5. The number of benzene rings is 1. The maximum absolute atomic E-state index is 14.5. The standard InChI is InChI=1S/C41H69N3O11/c1-23-20-40(6,50)37(55-39-34(47)30(43(8)9)17-24(2)52-39)25(3)35(54-33-21-41(7,51-11)36(48)27(5)53-33)26(4)38(49)42-29(18-28-15-13-12-14-16-28)31(45)19-32(46)44(10)22-23/h12-16,23-27,29-31,33-37,39,45,47-48,50H,17-22H2,1-11H3,(H,42,49)/t23-,24-,25+,26-,27+,29+,30+,31+,33+,34-,35+,36+,37-,39+,40-,41-/m1/s1. The Morgan fingerprint density at radius 3 is 2.25 bits per heavy atom. The molecule has 3 saturated heterocycles. The van der Waals surface area contributed by atoms with Crippen molar-refractivity contribution in [1.29, 1.82) is 0 Å². The molecule has 3 aliphatic heterocycles. The Bertz CT molecular complexity index is 1390. The molecular formula is C41H69N3O11. The molecule has 3 fully saturated rings. The van der Waals surface area contributed by atoms with Gasteiger partial charge in [0.2, 0.25) is 11.8 Å². The van der Waals surface area contributed by atoms with Crippen LogP contribution in [0, 0.1) is 17.8 Å². The average Bonchev–Trinajstić information content (AvgIpc) is 3.11. The molecule has 1 aromatic carbocycles. The molecule has 1 aromatic rings. The van der Waals surface area contributed by atoms with Gasteiger partial charge in [-0.2, -0.15) is 0 Å². The van der Waals surface area contributed by atoms with Crippen LogP contribution in [-0.2, 0) is 39.7 Å². The topological polar surface area (TPSA) is 180 Å². The number of nitrogens with one attached hydrogen (secondary N) is 1. The molecule has 55 heavy (non-hydrogen) atoms. The number of ether oxygens (including phenoxy) is 5. The van der Waals surface area contributed by atoms with Gasteiger partial charge in [0.1, 0.15) is 12.2 Å². The van der Waals surface area contributed by atoms with E-state index in [-0.39, 0.29) is 56.2 Å². The number of aliphatic hydroxyl groups is 4. The van der Waals surface area contributed by atoms with E-state index in [1.54, 1.807) is 39.6 Å². The molecule has 0 unspecified atom stereocenters. The van der Waals surface area contributed by atoms with Crippen LogP contribution in [0.1, 0.15) is 79.7 Å². The van der Waals surface area contributed by atoms with Crippen molar-refractivity contribution in [3.63, 3.8) is 0 Å². The fourth-order valence-corrected chi connectivity index (χ4v) is 8.82. The lowest BCUT2D eigenvalue weighted by atomic mass is 9.77. The van der Waals surface area contributed by atoms with Crippen molar-refractivity contribution in [3.05, 3.63) is 35.9 Å². The number of carbonyl (C=O) groups excluding carboxylic acids is 2. The summed E-state index contributed by atoms with van der Waals surface area (Å²) in [5.41, 5.74) is -1.74. The summed E-state index contributed by atoms with van der Waals surface area (Å²) in [6.07, 6.45) is -7.30. The lowest BCUT2D eigenvalue weighted by molar-refractivity contribution is -0.317. The van der Waals surface area contributed by atoms with Crippen LogP contribution in [0.2, 0.25) is 0 Å². The van der Waals surface area contributed by atoms with Crippen LogP contribution in [0.3, 0.4) is 0 Å². The highest BCUT2D eigenvalue weighted by Gasteiger charge is 2.51. The van der Waals surface area contributed by atoms with Crippen molar-refractivity contribution in [2.24, 2.45) is 17.8 Å². The first-order valence-corrected chi connectivity index (χ1v) is 19.9.